The van der Waals surface area contributed by atoms with Gasteiger partial charge in [0.1, 0.15) is 5.60 Å². The van der Waals surface area contributed by atoms with E-state index in [-0.39, 0.29) is 6.09 Å². The number of likely N-dealkylation sites (tertiary alicyclic amines) is 1. The number of hydrogen-bond donors (Lipinski definition) is 0. The number of piperidine rings is 1. The second-order valence-electron chi connectivity index (χ2n) is 9.72. The molecule has 1 aliphatic heterocycles. The molecule has 32 heavy (non-hydrogen) atoms. The Labute approximate surface area is 190 Å². The van der Waals surface area contributed by atoms with E-state index in [4.69, 9.17) is 9.72 Å². The average molecular weight is 435 g/mol. The lowest BCUT2D eigenvalue weighted by Crippen LogP contribution is -2.47. The Hall–Kier alpha value is -3.02. The molecule has 6 nitrogen and oxygen atoms in total. The summed E-state index contributed by atoms with van der Waals surface area (Å²) in [7, 11) is 2.13. The zero-order valence-corrected chi connectivity index (χ0v) is 19.8. The van der Waals surface area contributed by atoms with Gasteiger partial charge >= 0.3 is 6.09 Å². The molecule has 2 aromatic carbocycles. The van der Waals surface area contributed by atoms with E-state index < -0.39 is 5.60 Å². The third-order valence-electron chi connectivity index (χ3n) is 6.20. The summed E-state index contributed by atoms with van der Waals surface area (Å²) >= 11 is 0. The largest absolute Gasteiger partial charge is 0.444 e. The smallest absolute Gasteiger partial charge is 0.410 e. The van der Waals surface area contributed by atoms with Crippen molar-refractivity contribution in [3.8, 4) is 0 Å². The van der Waals surface area contributed by atoms with Crippen molar-refractivity contribution in [2.45, 2.75) is 58.7 Å². The lowest BCUT2D eigenvalue weighted by atomic mass is 10.0. The Balaban J connectivity index is 1.55. The third-order valence-corrected chi connectivity index (χ3v) is 6.20. The highest BCUT2D eigenvalue weighted by Crippen LogP contribution is 2.28. The molecular weight excluding hydrogens is 400 g/mol. The van der Waals surface area contributed by atoms with Gasteiger partial charge in [-0.25, -0.2) is 9.78 Å². The molecular formula is C26H34N4O2. The van der Waals surface area contributed by atoms with Gasteiger partial charge in [-0.15, -0.1) is 0 Å². The van der Waals surface area contributed by atoms with E-state index in [0.29, 0.717) is 19.1 Å². The molecule has 0 aliphatic carbocycles. The fourth-order valence-electron chi connectivity index (χ4n) is 4.37. The molecule has 0 atom stereocenters. The maximum atomic E-state index is 12.4. The number of amides is 1. The summed E-state index contributed by atoms with van der Waals surface area (Å²) in [6.45, 7) is 10.1. The summed E-state index contributed by atoms with van der Waals surface area (Å²) < 4.78 is 7.87. The number of hydrogen-bond acceptors (Lipinski definition) is 4. The first-order valence-corrected chi connectivity index (χ1v) is 11.4. The van der Waals surface area contributed by atoms with Crippen LogP contribution in [0, 0.1) is 6.92 Å². The van der Waals surface area contributed by atoms with Crippen molar-refractivity contribution in [1.29, 1.82) is 0 Å². The van der Waals surface area contributed by atoms with Gasteiger partial charge in [0, 0.05) is 26.2 Å². The standard InChI is InChI=1S/C26H34N4O2/c1-19-10-6-7-11-20(19)18-30-23-13-9-8-12-22(23)27-24(30)28(5)21-14-16-29(17-15-21)25(31)32-26(2,3)4/h6-13,21H,14-18H2,1-5H3. The highest BCUT2D eigenvalue weighted by atomic mass is 16.6. The van der Waals surface area contributed by atoms with Crippen molar-refractivity contribution in [3.63, 3.8) is 0 Å². The maximum absolute atomic E-state index is 12.4. The SMILES string of the molecule is Cc1ccccc1Cn1c(N(C)C2CCN(C(=O)OC(C)(C)C)CC2)nc2ccccc21. The molecule has 3 aromatic rings. The summed E-state index contributed by atoms with van der Waals surface area (Å²) in [6, 6.07) is 17.2. The van der Waals surface area contributed by atoms with E-state index in [0.717, 1.165) is 36.4 Å². The Morgan fingerprint density at radius 3 is 2.44 bits per heavy atom. The second kappa shape index (κ2) is 8.85. The number of carbonyl (C=O) groups excluding carboxylic acids is 1. The summed E-state index contributed by atoms with van der Waals surface area (Å²) in [6.07, 6.45) is 1.57. The monoisotopic (exact) mass is 434 g/mol. The molecule has 1 aliphatic rings. The molecule has 0 spiro atoms. The Kier molecular flexibility index (Phi) is 6.13. The lowest BCUT2D eigenvalue weighted by molar-refractivity contribution is 0.0205. The van der Waals surface area contributed by atoms with Crippen LogP contribution in [-0.2, 0) is 11.3 Å². The molecule has 0 bridgehead atoms. The van der Waals surface area contributed by atoms with E-state index in [1.165, 1.54) is 11.1 Å². The molecule has 4 rings (SSSR count). The number of anilines is 1. The number of benzene rings is 2. The van der Waals surface area contributed by atoms with Crippen molar-refractivity contribution in [2.75, 3.05) is 25.0 Å². The first-order chi connectivity index (χ1) is 15.2. The zero-order valence-electron chi connectivity index (χ0n) is 19.8. The van der Waals surface area contributed by atoms with Crippen LogP contribution in [0.5, 0.6) is 0 Å². The van der Waals surface area contributed by atoms with Gasteiger partial charge in [-0.1, -0.05) is 36.4 Å². The number of nitrogens with zero attached hydrogens (tertiary/aromatic N) is 4. The van der Waals surface area contributed by atoms with Gasteiger partial charge in [-0.05, 0) is 63.8 Å². The number of para-hydroxylation sites is 2. The van der Waals surface area contributed by atoms with Gasteiger partial charge in [-0.3, -0.25) is 0 Å². The van der Waals surface area contributed by atoms with Crippen LogP contribution in [0.2, 0.25) is 0 Å². The number of aromatic nitrogens is 2. The fraction of sp³-hybridized carbons (Fsp3) is 0.462. The first-order valence-electron chi connectivity index (χ1n) is 11.4. The van der Waals surface area contributed by atoms with Crippen LogP contribution in [0.15, 0.2) is 48.5 Å². The number of ether oxygens (including phenoxy) is 1. The van der Waals surface area contributed by atoms with Gasteiger partial charge in [0.15, 0.2) is 0 Å². The van der Waals surface area contributed by atoms with Crippen LogP contribution < -0.4 is 4.90 Å². The molecule has 0 saturated carbocycles. The highest BCUT2D eigenvalue weighted by molar-refractivity contribution is 5.79. The van der Waals surface area contributed by atoms with Crippen LogP contribution in [0.4, 0.5) is 10.7 Å². The predicted molar refractivity (Wildman–Crippen MR) is 129 cm³/mol. The van der Waals surface area contributed by atoms with Crippen molar-refractivity contribution >= 4 is 23.1 Å². The fourth-order valence-corrected chi connectivity index (χ4v) is 4.37. The molecule has 170 valence electrons. The number of fused-ring (bicyclic) bond motifs is 1. The van der Waals surface area contributed by atoms with Crippen LogP contribution in [0.1, 0.15) is 44.7 Å². The Morgan fingerprint density at radius 1 is 1.09 bits per heavy atom. The van der Waals surface area contributed by atoms with E-state index in [9.17, 15) is 4.79 Å². The molecule has 1 saturated heterocycles. The number of rotatable bonds is 4. The van der Waals surface area contributed by atoms with E-state index >= 15 is 0 Å². The molecule has 0 unspecified atom stereocenters. The minimum Gasteiger partial charge on any atom is -0.444 e. The van der Waals surface area contributed by atoms with Crippen LogP contribution in [-0.4, -0.2) is 52.3 Å². The minimum atomic E-state index is -0.467. The average Bonchev–Trinajstić information content (AvgIpc) is 3.12. The molecule has 1 amide bonds. The van der Waals surface area contributed by atoms with Crippen molar-refractivity contribution in [1.82, 2.24) is 14.5 Å². The molecule has 1 aromatic heterocycles. The molecule has 6 heteroatoms. The topological polar surface area (TPSA) is 50.6 Å². The van der Waals surface area contributed by atoms with Gasteiger partial charge in [0.05, 0.1) is 17.6 Å². The van der Waals surface area contributed by atoms with Crippen LogP contribution >= 0.6 is 0 Å². The first kappa shape index (κ1) is 22.2. The van der Waals surface area contributed by atoms with Gasteiger partial charge in [0.2, 0.25) is 5.95 Å². The summed E-state index contributed by atoms with van der Waals surface area (Å²) in [5.41, 5.74) is 4.26. The van der Waals surface area contributed by atoms with E-state index in [1.54, 1.807) is 0 Å². The lowest BCUT2D eigenvalue weighted by Gasteiger charge is -2.37. The quantitative estimate of drug-likeness (QED) is 0.564. The van der Waals surface area contributed by atoms with Crippen LogP contribution in [0.3, 0.4) is 0 Å². The normalized spacial score (nSPS) is 15.2. The molecule has 0 N–H and O–H groups in total. The summed E-state index contributed by atoms with van der Waals surface area (Å²) in [4.78, 5) is 21.6. The second-order valence-corrected chi connectivity index (χ2v) is 9.72. The highest BCUT2D eigenvalue weighted by Gasteiger charge is 2.30. The van der Waals surface area contributed by atoms with Crippen molar-refractivity contribution in [3.05, 3.63) is 59.7 Å². The van der Waals surface area contributed by atoms with E-state index in [1.807, 2.05) is 31.7 Å². The molecule has 2 heterocycles. The number of carbonyl (C=O) groups is 1. The minimum absolute atomic E-state index is 0.217. The zero-order chi connectivity index (χ0) is 22.9. The number of aryl methyl sites for hydroxylation is 1. The number of imidazole rings is 1. The summed E-state index contributed by atoms with van der Waals surface area (Å²) in [5.74, 6) is 0.977. The maximum Gasteiger partial charge on any atom is 0.410 e. The van der Waals surface area contributed by atoms with Crippen LogP contribution in [0.25, 0.3) is 11.0 Å². The van der Waals surface area contributed by atoms with Gasteiger partial charge < -0.3 is 19.1 Å². The van der Waals surface area contributed by atoms with Gasteiger partial charge in [0.25, 0.3) is 0 Å². The molecule has 0 radical (unpaired) electrons. The Morgan fingerprint density at radius 2 is 1.75 bits per heavy atom. The third kappa shape index (κ3) is 4.74. The van der Waals surface area contributed by atoms with Gasteiger partial charge in [-0.2, -0.15) is 0 Å². The summed E-state index contributed by atoms with van der Waals surface area (Å²) in [5, 5.41) is 0. The van der Waals surface area contributed by atoms with E-state index in [2.05, 4.69) is 65.9 Å². The Bertz CT molecular complexity index is 1090. The van der Waals surface area contributed by atoms with Crippen molar-refractivity contribution < 1.29 is 9.53 Å². The van der Waals surface area contributed by atoms with Crippen molar-refractivity contribution in [2.24, 2.45) is 0 Å². The predicted octanol–water partition coefficient (Wildman–Crippen LogP) is 5.23. The molecule has 1 fully saturated rings.